The third kappa shape index (κ3) is 3.36. The molecule has 1 aliphatic carbocycles. The summed E-state index contributed by atoms with van der Waals surface area (Å²) in [5, 5.41) is 11.8. The Kier molecular flexibility index (Phi) is 3.69. The number of hydrogen-bond acceptors (Lipinski definition) is 2. The minimum Gasteiger partial charge on any atom is -0.481 e. The summed E-state index contributed by atoms with van der Waals surface area (Å²) in [4.78, 5) is 24.6. The molecular formula is C13H21FN2O3. The smallest absolute Gasteiger partial charge is 0.317 e. The van der Waals surface area contributed by atoms with Crippen molar-refractivity contribution >= 4 is 12.0 Å². The number of nitrogens with zero attached hydrogens (tertiary/aromatic N) is 1. The molecule has 2 N–H and O–H groups in total. The number of halogens is 1. The number of hydrogen-bond donors (Lipinski definition) is 2. The maximum Gasteiger partial charge on any atom is 0.317 e. The van der Waals surface area contributed by atoms with Crippen molar-refractivity contribution in [3.8, 4) is 0 Å². The Hall–Kier alpha value is -1.33. The fourth-order valence-electron chi connectivity index (χ4n) is 3.03. The zero-order valence-corrected chi connectivity index (χ0v) is 11.4. The van der Waals surface area contributed by atoms with Crippen LogP contribution in [0.3, 0.4) is 0 Å². The molecule has 2 atom stereocenters. The number of urea groups is 1. The summed E-state index contributed by atoms with van der Waals surface area (Å²) in [6.45, 7) is 4.27. The van der Waals surface area contributed by atoms with Gasteiger partial charge in [0.05, 0.1) is 5.92 Å². The van der Waals surface area contributed by atoms with E-state index in [0.29, 0.717) is 25.8 Å². The molecule has 5 nitrogen and oxygen atoms in total. The molecule has 0 bridgehead atoms. The van der Waals surface area contributed by atoms with Crippen molar-refractivity contribution in [1.82, 2.24) is 10.2 Å². The summed E-state index contributed by atoms with van der Waals surface area (Å²) >= 11 is 0. The van der Waals surface area contributed by atoms with Gasteiger partial charge in [-0.05, 0) is 19.3 Å². The topological polar surface area (TPSA) is 69.6 Å². The molecule has 2 unspecified atom stereocenters. The SMILES string of the molecule is CC1CC(C(=O)O)CN(C(=O)NC2CC(C)(F)C2)C1. The van der Waals surface area contributed by atoms with Crippen LogP contribution < -0.4 is 5.32 Å². The second-order valence-electron chi connectivity index (χ2n) is 6.25. The maximum atomic E-state index is 13.3. The summed E-state index contributed by atoms with van der Waals surface area (Å²) in [6.07, 6.45) is 1.28. The molecule has 0 spiro atoms. The number of aliphatic carboxylic acids is 1. The largest absolute Gasteiger partial charge is 0.481 e. The molecule has 1 saturated heterocycles. The lowest BCUT2D eigenvalue weighted by atomic mass is 9.79. The number of carbonyl (C=O) groups excluding carboxylic acids is 1. The van der Waals surface area contributed by atoms with Crippen LogP contribution in [-0.4, -0.2) is 46.8 Å². The number of piperidine rings is 1. The van der Waals surface area contributed by atoms with Crippen LogP contribution in [-0.2, 0) is 4.79 Å². The number of amides is 2. The number of carboxylic acids is 1. The standard InChI is InChI=1S/C13H21FN2O3/c1-8-3-9(11(17)18)7-16(6-8)12(19)15-10-4-13(2,14)5-10/h8-10H,3-7H2,1-2H3,(H,15,19)(H,17,18). The highest BCUT2D eigenvalue weighted by molar-refractivity contribution is 5.77. The Morgan fingerprint density at radius 1 is 1.37 bits per heavy atom. The van der Waals surface area contributed by atoms with Gasteiger partial charge in [0.15, 0.2) is 0 Å². The molecular weight excluding hydrogens is 251 g/mol. The molecule has 0 aromatic rings. The number of likely N-dealkylation sites (tertiary alicyclic amines) is 1. The van der Waals surface area contributed by atoms with Gasteiger partial charge in [-0.1, -0.05) is 6.92 Å². The third-order valence-electron chi connectivity index (χ3n) is 3.97. The average molecular weight is 272 g/mol. The van der Waals surface area contributed by atoms with E-state index in [0.717, 1.165) is 0 Å². The Labute approximate surface area is 112 Å². The Bertz CT molecular complexity index is 378. The first kappa shape index (κ1) is 14.1. The molecule has 19 heavy (non-hydrogen) atoms. The second kappa shape index (κ2) is 4.98. The molecule has 108 valence electrons. The first-order chi connectivity index (χ1) is 8.77. The van der Waals surface area contributed by atoms with Crippen LogP contribution in [0.4, 0.5) is 9.18 Å². The van der Waals surface area contributed by atoms with Crippen LogP contribution in [0.25, 0.3) is 0 Å². The average Bonchev–Trinajstić information content (AvgIpc) is 2.25. The summed E-state index contributed by atoms with van der Waals surface area (Å²) in [5.74, 6) is -1.18. The molecule has 2 fully saturated rings. The van der Waals surface area contributed by atoms with Gasteiger partial charge in [0.1, 0.15) is 5.67 Å². The number of rotatable bonds is 2. The van der Waals surface area contributed by atoms with Gasteiger partial charge in [0.2, 0.25) is 0 Å². The van der Waals surface area contributed by atoms with Gasteiger partial charge in [-0.2, -0.15) is 0 Å². The monoisotopic (exact) mass is 272 g/mol. The lowest BCUT2D eigenvalue weighted by Crippen LogP contribution is -2.56. The molecule has 0 aromatic carbocycles. The van der Waals surface area contributed by atoms with Gasteiger partial charge in [0.25, 0.3) is 0 Å². The van der Waals surface area contributed by atoms with E-state index < -0.39 is 17.6 Å². The predicted molar refractivity (Wildman–Crippen MR) is 67.5 cm³/mol. The van der Waals surface area contributed by atoms with Crippen LogP contribution in [0.15, 0.2) is 0 Å². The van der Waals surface area contributed by atoms with Gasteiger partial charge < -0.3 is 15.3 Å². The van der Waals surface area contributed by atoms with E-state index in [1.807, 2.05) is 6.92 Å². The fourth-order valence-corrected chi connectivity index (χ4v) is 3.03. The minimum atomic E-state index is -1.17. The van der Waals surface area contributed by atoms with E-state index in [1.54, 1.807) is 4.90 Å². The number of carbonyl (C=O) groups is 2. The van der Waals surface area contributed by atoms with Crippen molar-refractivity contribution < 1.29 is 19.1 Å². The van der Waals surface area contributed by atoms with Crippen LogP contribution in [0.2, 0.25) is 0 Å². The van der Waals surface area contributed by atoms with Crippen LogP contribution in [0, 0.1) is 11.8 Å². The number of nitrogens with one attached hydrogen (secondary N) is 1. The first-order valence-electron chi connectivity index (χ1n) is 6.74. The van der Waals surface area contributed by atoms with Crippen molar-refractivity contribution in [2.24, 2.45) is 11.8 Å². The van der Waals surface area contributed by atoms with E-state index >= 15 is 0 Å². The van der Waals surface area contributed by atoms with Gasteiger partial charge in [0, 0.05) is 32.0 Å². The van der Waals surface area contributed by atoms with Gasteiger partial charge in [-0.3, -0.25) is 4.79 Å². The number of carboxylic acid groups (broad SMARTS) is 1. The van der Waals surface area contributed by atoms with Crippen LogP contribution >= 0.6 is 0 Å². The van der Waals surface area contributed by atoms with Crippen molar-refractivity contribution in [3.05, 3.63) is 0 Å². The number of alkyl halides is 1. The molecule has 1 heterocycles. The highest BCUT2D eigenvalue weighted by atomic mass is 19.1. The summed E-state index contributed by atoms with van der Waals surface area (Å²) in [7, 11) is 0. The molecule has 1 aliphatic heterocycles. The molecule has 2 aliphatic rings. The minimum absolute atomic E-state index is 0.122. The van der Waals surface area contributed by atoms with Crippen molar-refractivity contribution in [3.63, 3.8) is 0 Å². The summed E-state index contributed by atoms with van der Waals surface area (Å²) in [6, 6.07) is -0.388. The van der Waals surface area contributed by atoms with Crippen molar-refractivity contribution in [2.45, 2.75) is 44.8 Å². The fraction of sp³-hybridized carbons (Fsp3) is 0.846. The summed E-state index contributed by atoms with van der Waals surface area (Å²) in [5.41, 5.74) is -1.17. The van der Waals surface area contributed by atoms with Gasteiger partial charge in [-0.25, -0.2) is 9.18 Å². The van der Waals surface area contributed by atoms with Crippen molar-refractivity contribution in [2.75, 3.05) is 13.1 Å². The van der Waals surface area contributed by atoms with E-state index in [-0.39, 0.29) is 24.5 Å². The van der Waals surface area contributed by atoms with Crippen molar-refractivity contribution in [1.29, 1.82) is 0 Å². The lowest BCUT2D eigenvalue weighted by Gasteiger charge is -2.41. The van der Waals surface area contributed by atoms with Crippen LogP contribution in [0.1, 0.15) is 33.1 Å². The Balaban J connectivity index is 1.86. The van der Waals surface area contributed by atoms with E-state index in [1.165, 1.54) is 6.92 Å². The highest BCUT2D eigenvalue weighted by Crippen LogP contribution is 2.35. The second-order valence-corrected chi connectivity index (χ2v) is 6.25. The zero-order valence-electron chi connectivity index (χ0n) is 11.4. The predicted octanol–water partition coefficient (Wildman–Crippen LogP) is 1.63. The van der Waals surface area contributed by atoms with E-state index in [2.05, 4.69) is 5.32 Å². The van der Waals surface area contributed by atoms with E-state index in [9.17, 15) is 14.0 Å². The van der Waals surface area contributed by atoms with Crippen LogP contribution in [0.5, 0.6) is 0 Å². The third-order valence-corrected chi connectivity index (χ3v) is 3.97. The van der Waals surface area contributed by atoms with Gasteiger partial charge in [-0.15, -0.1) is 0 Å². The molecule has 2 rings (SSSR count). The summed E-state index contributed by atoms with van der Waals surface area (Å²) < 4.78 is 13.3. The van der Waals surface area contributed by atoms with E-state index in [4.69, 9.17) is 5.11 Å². The molecule has 1 saturated carbocycles. The normalized spacial score (nSPS) is 38.5. The first-order valence-corrected chi connectivity index (χ1v) is 6.74. The maximum absolute atomic E-state index is 13.3. The molecule has 2 amide bonds. The Morgan fingerprint density at radius 2 is 2.00 bits per heavy atom. The lowest BCUT2D eigenvalue weighted by molar-refractivity contribution is -0.143. The molecule has 0 radical (unpaired) electrons. The molecule has 6 heteroatoms. The van der Waals surface area contributed by atoms with Gasteiger partial charge >= 0.3 is 12.0 Å². The quantitative estimate of drug-likeness (QED) is 0.802. The Morgan fingerprint density at radius 3 is 2.53 bits per heavy atom. The highest BCUT2D eigenvalue weighted by Gasteiger charge is 2.42. The zero-order chi connectivity index (χ0) is 14.2. The molecule has 0 aromatic heterocycles.